The zero-order valence-corrected chi connectivity index (χ0v) is 14.2. The fraction of sp³-hybridized carbons (Fsp3) is 0.105. The topological polar surface area (TPSA) is 70.8 Å². The van der Waals surface area contributed by atoms with Gasteiger partial charge in [0.05, 0.1) is 25.5 Å². The van der Waals surface area contributed by atoms with E-state index in [9.17, 15) is 0 Å². The average Bonchev–Trinajstić information content (AvgIpc) is 2.67. The minimum Gasteiger partial charge on any atom is -0.497 e. The van der Waals surface area contributed by atoms with Gasteiger partial charge in [0.1, 0.15) is 17.6 Å². The van der Waals surface area contributed by atoms with Gasteiger partial charge in [0, 0.05) is 5.02 Å². The van der Waals surface area contributed by atoms with E-state index in [1.54, 1.807) is 7.11 Å². The summed E-state index contributed by atoms with van der Waals surface area (Å²) in [4.78, 5) is 8.29. The van der Waals surface area contributed by atoms with E-state index in [0.717, 1.165) is 16.9 Å². The van der Waals surface area contributed by atoms with Crippen LogP contribution in [0.25, 0.3) is 0 Å². The van der Waals surface area contributed by atoms with Crippen molar-refractivity contribution in [2.45, 2.75) is 6.04 Å². The molecule has 0 radical (unpaired) electrons. The van der Waals surface area contributed by atoms with Crippen molar-refractivity contribution in [1.82, 2.24) is 9.97 Å². The Labute approximate surface area is 150 Å². The van der Waals surface area contributed by atoms with E-state index in [4.69, 9.17) is 21.6 Å². The van der Waals surface area contributed by atoms with Crippen molar-refractivity contribution in [1.29, 1.82) is 5.26 Å². The molecule has 1 heterocycles. The van der Waals surface area contributed by atoms with Crippen LogP contribution < -0.4 is 10.1 Å². The van der Waals surface area contributed by atoms with E-state index in [-0.39, 0.29) is 11.7 Å². The Morgan fingerprint density at radius 3 is 2.64 bits per heavy atom. The maximum atomic E-state index is 8.86. The molecule has 0 aliphatic carbocycles. The van der Waals surface area contributed by atoms with E-state index in [0.29, 0.717) is 10.8 Å². The number of nitriles is 1. The number of hydrogen-bond acceptors (Lipinski definition) is 5. The lowest BCUT2D eigenvalue weighted by Crippen LogP contribution is -2.14. The predicted octanol–water partition coefficient (Wildman–Crippen LogP) is 4.21. The third kappa shape index (κ3) is 3.87. The highest BCUT2D eigenvalue weighted by Gasteiger charge is 2.18. The summed E-state index contributed by atoms with van der Waals surface area (Å²) in [6.07, 6.45) is 2.96. The molecule has 0 saturated heterocycles. The number of hydrogen-bond donors (Lipinski definition) is 1. The molecule has 0 aliphatic rings. The molecule has 1 unspecified atom stereocenters. The van der Waals surface area contributed by atoms with Gasteiger partial charge in [-0.1, -0.05) is 41.9 Å². The molecule has 124 valence electrons. The van der Waals surface area contributed by atoms with Gasteiger partial charge in [-0.15, -0.1) is 0 Å². The summed E-state index contributed by atoms with van der Waals surface area (Å²) in [5.41, 5.74) is 2.14. The van der Waals surface area contributed by atoms with E-state index < -0.39 is 0 Å². The number of nitrogens with one attached hydrogen (secondary N) is 1. The van der Waals surface area contributed by atoms with Gasteiger partial charge >= 0.3 is 0 Å². The van der Waals surface area contributed by atoms with Gasteiger partial charge in [-0.05, 0) is 29.3 Å². The van der Waals surface area contributed by atoms with Crippen LogP contribution >= 0.6 is 11.6 Å². The molecule has 1 atom stereocenters. The normalized spacial score (nSPS) is 11.4. The first-order chi connectivity index (χ1) is 12.2. The van der Waals surface area contributed by atoms with Crippen LogP contribution in [0, 0.1) is 11.3 Å². The molecular formula is C19H15ClN4O. The molecule has 3 aromatic rings. The van der Waals surface area contributed by atoms with Crippen molar-refractivity contribution in [2.24, 2.45) is 0 Å². The molecule has 0 amide bonds. The van der Waals surface area contributed by atoms with Crippen LogP contribution in [0.2, 0.25) is 5.02 Å². The number of halogens is 1. The van der Waals surface area contributed by atoms with Crippen LogP contribution in [0.15, 0.2) is 60.9 Å². The highest BCUT2D eigenvalue weighted by Crippen LogP contribution is 2.32. The lowest BCUT2D eigenvalue weighted by molar-refractivity contribution is 0.414. The Hall–Kier alpha value is -3.10. The monoisotopic (exact) mass is 350 g/mol. The van der Waals surface area contributed by atoms with Gasteiger partial charge in [0.2, 0.25) is 0 Å². The summed E-state index contributed by atoms with van der Waals surface area (Å²) >= 11 is 6.41. The third-order valence-electron chi connectivity index (χ3n) is 3.70. The first-order valence-electron chi connectivity index (χ1n) is 7.58. The molecule has 3 rings (SSSR count). The second-order valence-corrected chi connectivity index (χ2v) is 5.68. The minimum absolute atomic E-state index is 0.244. The van der Waals surface area contributed by atoms with Crippen LogP contribution in [-0.4, -0.2) is 17.1 Å². The minimum atomic E-state index is -0.244. The Kier molecular flexibility index (Phi) is 5.12. The molecule has 0 fully saturated rings. The Balaban J connectivity index is 2.02. The Morgan fingerprint density at radius 2 is 1.96 bits per heavy atom. The maximum Gasteiger partial charge on any atom is 0.158 e. The van der Waals surface area contributed by atoms with E-state index in [2.05, 4.69) is 15.3 Å². The first kappa shape index (κ1) is 16.7. The summed E-state index contributed by atoms with van der Waals surface area (Å²) in [6, 6.07) is 17.1. The van der Waals surface area contributed by atoms with E-state index in [1.165, 1.54) is 12.4 Å². The summed E-state index contributed by atoms with van der Waals surface area (Å²) in [7, 11) is 1.63. The molecule has 6 heteroatoms. The van der Waals surface area contributed by atoms with Crippen LogP contribution in [0.4, 0.5) is 5.82 Å². The number of ether oxygens (including phenoxy) is 1. The number of benzene rings is 2. The zero-order valence-electron chi connectivity index (χ0n) is 13.5. The van der Waals surface area contributed by atoms with Crippen LogP contribution in [0.1, 0.15) is 22.9 Å². The summed E-state index contributed by atoms with van der Waals surface area (Å²) in [5.74, 6) is 1.30. The number of aromatic nitrogens is 2. The van der Waals surface area contributed by atoms with Crippen molar-refractivity contribution in [3.63, 3.8) is 0 Å². The molecule has 0 saturated carbocycles. The fourth-order valence-electron chi connectivity index (χ4n) is 2.48. The van der Waals surface area contributed by atoms with Crippen molar-refractivity contribution >= 4 is 17.4 Å². The quantitative estimate of drug-likeness (QED) is 0.746. The number of methoxy groups -OCH3 is 1. The van der Waals surface area contributed by atoms with Gasteiger partial charge in [-0.2, -0.15) is 5.26 Å². The van der Waals surface area contributed by atoms with Crippen molar-refractivity contribution in [3.8, 4) is 11.8 Å². The van der Waals surface area contributed by atoms with Crippen molar-refractivity contribution < 1.29 is 4.74 Å². The van der Waals surface area contributed by atoms with E-state index in [1.807, 2.05) is 54.6 Å². The molecule has 2 aromatic carbocycles. The lowest BCUT2D eigenvalue weighted by Gasteiger charge is -2.21. The van der Waals surface area contributed by atoms with Gasteiger partial charge < -0.3 is 10.1 Å². The average molecular weight is 351 g/mol. The molecule has 1 N–H and O–H groups in total. The molecule has 0 spiro atoms. The van der Waals surface area contributed by atoms with Gasteiger partial charge in [0.15, 0.2) is 5.69 Å². The molecule has 1 aromatic heterocycles. The van der Waals surface area contributed by atoms with Crippen LogP contribution in [0.5, 0.6) is 5.75 Å². The van der Waals surface area contributed by atoms with E-state index >= 15 is 0 Å². The molecule has 5 nitrogen and oxygen atoms in total. The molecular weight excluding hydrogens is 336 g/mol. The zero-order chi connectivity index (χ0) is 17.6. The highest BCUT2D eigenvalue weighted by molar-refractivity contribution is 6.31. The van der Waals surface area contributed by atoms with Crippen LogP contribution in [0.3, 0.4) is 0 Å². The Bertz CT molecular complexity index is 906. The number of nitrogens with zero attached hydrogens (tertiary/aromatic N) is 3. The molecule has 0 bridgehead atoms. The third-order valence-corrected chi connectivity index (χ3v) is 4.05. The van der Waals surface area contributed by atoms with Gasteiger partial charge in [0.25, 0.3) is 0 Å². The summed E-state index contributed by atoms with van der Waals surface area (Å²) < 4.78 is 5.33. The number of anilines is 1. The lowest BCUT2D eigenvalue weighted by atomic mass is 9.98. The summed E-state index contributed by atoms with van der Waals surface area (Å²) in [5, 5.41) is 12.8. The maximum absolute atomic E-state index is 8.86. The SMILES string of the molecule is COc1cccc(C(Nc2cnc(C#N)cn2)c2ccccc2Cl)c1. The standard InChI is InChI=1S/C19H15ClN4O/c1-25-15-6-4-5-13(9-15)19(16-7-2-3-8-17(16)20)24-18-12-22-14(10-21)11-23-18/h2-9,11-12,19H,1H3,(H,23,24). The fourth-order valence-corrected chi connectivity index (χ4v) is 2.72. The first-order valence-corrected chi connectivity index (χ1v) is 7.96. The number of rotatable bonds is 5. The second-order valence-electron chi connectivity index (χ2n) is 5.27. The van der Waals surface area contributed by atoms with Crippen molar-refractivity contribution in [2.75, 3.05) is 12.4 Å². The highest BCUT2D eigenvalue weighted by atomic mass is 35.5. The van der Waals surface area contributed by atoms with Crippen molar-refractivity contribution in [3.05, 3.63) is 82.8 Å². The molecule has 0 aliphatic heterocycles. The predicted molar refractivity (Wildman–Crippen MR) is 96.7 cm³/mol. The van der Waals surface area contributed by atoms with Crippen LogP contribution in [-0.2, 0) is 0 Å². The second kappa shape index (κ2) is 7.65. The smallest absolute Gasteiger partial charge is 0.158 e. The van der Waals surface area contributed by atoms with Gasteiger partial charge in [-0.3, -0.25) is 0 Å². The molecule has 25 heavy (non-hydrogen) atoms. The Morgan fingerprint density at radius 1 is 1.12 bits per heavy atom. The summed E-state index contributed by atoms with van der Waals surface area (Å²) in [6.45, 7) is 0. The van der Waals surface area contributed by atoms with Gasteiger partial charge in [-0.25, -0.2) is 9.97 Å². The largest absolute Gasteiger partial charge is 0.497 e.